The summed E-state index contributed by atoms with van der Waals surface area (Å²) in [5.74, 6) is 2.15. The van der Waals surface area contributed by atoms with Crippen LogP contribution in [-0.2, 0) is 0 Å². The molecule has 0 aliphatic rings. The van der Waals surface area contributed by atoms with E-state index in [2.05, 4.69) is 15.9 Å². The van der Waals surface area contributed by atoms with E-state index >= 15 is 0 Å². The van der Waals surface area contributed by atoms with E-state index in [1.165, 1.54) is 0 Å². The van der Waals surface area contributed by atoms with E-state index in [-0.39, 0.29) is 0 Å². The van der Waals surface area contributed by atoms with Crippen molar-refractivity contribution in [2.75, 3.05) is 21.3 Å². The van der Waals surface area contributed by atoms with Crippen molar-refractivity contribution in [2.24, 2.45) is 0 Å². The molecule has 0 radical (unpaired) electrons. The average Bonchev–Trinajstić information content (AvgIpc) is 2.46. The van der Waals surface area contributed by atoms with Crippen molar-refractivity contribution in [3.8, 4) is 28.4 Å². The topological polar surface area (TPSA) is 27.7 Å². The van der Waals surface area contributed by atoms with Gasteiger partial charge in [-0.2, -0.15) is 0 Å². The summed E-state index contributed by atoms with van der Waals surface area (Å²) in [6.45, 7) is 0. The highest BCUT2D eigenvalue weighted by Crippen LogP contribution is 2.41. The highest BCUT2D eigenvalue weighted by molar-refractivity contribution is 9.10. The molecular formula is C15H15BrO3. The fourth-order valence-electron chi connectivity index (χ4n) is 1.91. The molecule has 19 heavy (non-hydrogen) atoms. The molecule has 0 heterocycles. The molecule has 0 unspecified atom stereocenters. The first-order valence-electron chi connectivity index (χ1n) is 5.75. The highest BCUT2D eigenvalue weighted by Gasteiger charge is 2.14. The Hall–Kier alpha value is -1.68. The predicted octanol–water partition coefficient (Wildman–Crippen LogP) is 4.14. The first-order chi connectivity index (χ1) is 9.19. The molecule has 0 fully saturated rings. The Labute approximate surface area is 121 Å². The summed E-state index contributed by atoms with van der Waals surface area (Å²) in [4.78, 5) is 0. The van der Waals surface area contributed by atoms with Gasteiger partial charge in [-0.25, -0.2) is 0 Å². The van der Waals surface area contributed by atoms with E-state index in [1.54, 1.807) is 21.3 Å². The molecule has 0 spiro atoms. The lowest BCUT2D eigenvalue weighted by atomic mass is 10.0. The quantitative estimate of drug-likeness (QED) is 0.846. The average molecular weight is 323 g/mol. The third kappa shape index (κ3) is 2.84. The largest absolute Gasteiger partial charge is 0.496 e. The summed E-state index contributed by atoms with van der Waals surface area (Å²) in [6, 6.07) is 11.7. The van der Waals surface area contributed by atoms with E-state index in [1.807, 2.05) is 36.4 Å². The van der Waals surface area contributed by atoms with Crippen LogP contribution >= 0.6 is 15.9 Å². The van der Waals surface area contributed by atoms with Crippen LogP contribution in [0.25, 0.3) is 11.1 Å². The number of benzene rings is 2. The van der Waals surface area contributed by atoms with E-state index in [9.17, 15) is 0 Å². The molecular weight excluding hydrogens is 308 g/mol. The zero-order valence-corrected chi connectivity index (χ0v) is 12.7. The molecule has 2 aromatic rings. The maximum Gasteiger partial charge on any atom is 0.134 e. The van der Waals surface area contributed by atoms with Crippen LogP contribution in [-0.4, -0.2) is 21.3 Å². The van der Waals surface area contributed by atoms with Gasteiger partial charge < -0.3 is 14.2 Å². The zero-order chi connectivity index (χ0) is 13.8. The van der Waals surface area contributed by atoms with E-state index in [0.717, 1.165) is 27.1 Å². The summed E-state index contributed by atoms with van der Waals surface area (Å²) in [5, 5.41) is 0. The van der Waals surface area contributed by atoms with Crippen LogP contribution in [0, 0.1) is 0 Å². The van der Waals surface area contributed by atoms with Crippen molar-refractivity contribution in [3.63, 3.8) is 0 Å². The van der Waals surface area contributed by atoms with Crippen LogP contribution in [0.3, 0.4) is 0 Å². The number of methoxy groups -OCH3 is 3. The first-order valence-corrected chi connectivity index (χ1v) is 6.55. The van der Waals surface area contributed by atoms with Gasteiger partial charge in [-0.05, 0) is 17.7 Å². The van der Waals surface area contributed by atoms with Crippen LogP contribution in [0.2, 0.25) is 0 Å². The Morgan fingerprint density at radius 2 is 1.32 bits per heavy atom. The maximum atomic E-state index is 5.44. The molecule has 0 amide bonds. The second kappa shape index (κ2) is 5.97. The summed E-state index contributed by atoms with van der Waals surface area (Å²) in [5.41, 5.74) is 1.94. The molecule has 0 saturated carbocycles. The lowest BCUT2D eigenvalue weighted by Crippen LogP contribution is -1.95. The maximum absolute atomic E-state index is 5.44. The number of hydrogen-bond acceptors (Lipinski definition) is 3. The van der Waals surface area contributed by atoms with Crippen molar-refractivity contribution in [1.82, 2.24) is 0 Å². The predicted molar refractivity (Wildman–Crippen MR) is 79.2 cm³/mol. The first kappa shape index (κ1) is 13.7. The number of hydrogen-bond donors (Lipinski definition) is 0. The van der Waals surface area contributed by atoms with Gasteiger partial charge in [0.25, 0.3) is 0 Å². The SMILES string of the molecule is COc1cc(OC)c(-c2ccc(Br)cc2)c(OC)c1. The molecule has 0 N–H and O–H groups in total. The minimum Gasteiger partial charge on any atom is -0.496 e. The van der Waals surface area contributed by atoms with Crippen molar-refractivity contribution < 1.29 is 14.2 Å². The van der Waals surface area contributed by atoms with Crippen LogP contribution in [0.1, 0.15) is 0 Å². The second-order valence-electron chi connectivity index (χ2n) is 3.91. The normalized spacial score (nSPS) is 10.1. The van der Waals surface area contributed by atoms with Gasteiger partial charge in [-0.1, -0.05) is 28.1 Å². The molecule has 0 bridgehead atoms. The fourth-order valence-corrected chi connectivity index (χ4v) is 2.17. The van der Waals surface area contributed by atoms with Crippen molar-refractivity contribution in [3.05, 3.63) is 40.9 Å². The van der Waals surface area contributed by atoms with Crippen molar-refractivity contribution >= 4 is 15.9 Å². The Kier molecular flexibility index (Phi) is 4.32. The lowest BCUT2D eigenvalue weighted by Gasteiger charge is -2.15. The smallest absolute Gasteiger partial charge is 0.134 e. The minimum absolute atomic E-state index is 0.703. The molecule has 0 atom stereocenters. The van der Waals surface area contributed by atoms with Gasteiger partial charge in [-0.3, -0.25) is 0 Å². The van der Waals surface area contributed by atoms with Crippen molar-refractivity contribution in [2.45, 2.75) is 0 Å². The fraction of sp³-hybridized carbons (Fsp3) is 0.200. The van der Waals surface area contributed by atoms with Crippen molar-refractivity contribution in [1.29, 1.82) is 0 Å². The zero-order valence-electron chi connectivity index (χ0n) is 11.1. The van der Waals surface area contributed by atoms with Crippen LogP contribution in [0.4, 0.5) is 0 Å². The van der Waals surface area contributed by atoms with Crippen LogP contribution < -0.4 is 14.2 Å². The van der Waals surface area contributed by atoms with Gasteiger partial charge in [0.05, 0.1) is 26.9 Å². The van der Waals surface area contributed by atoms with Gasteiger partial charge in [0.1, 0.15) is 17.2 Å². The van der Waals surface area contributed by atoms with Crippen LogP contribution in [0.5, 0.6) is 17.2 Å². The van der Waals surface area contributed by atoms with Gasteiger partial charge in [0, 0.05) is 16.6 Å². The minimum atomic E-state index is 0.703. The van der Waals surface area contributed by atoms with Gasteiger partial charge >= 0.3 is 0 Å². The Morgan fingerprint density at radius 3 is 1.74 bits per heavy atom. The van der Waals surface area contributed by atoms with E-state index in [0.29, 0.717) is 5.75 Å². The van der Waals surface area contributed by atoms with E-state index in [4.69, 9.17) is 14.2 Å². The summed E-state index contributed by atoms with van der Waals surface area (Å²) < 4.78 is 17.2. The third-order valence-electron chi connectivity index (χ3n) is 2.85. The molecule has 2 aromatic carbocycles. The third-order valence-corrected chi connectivity index (χ3v) is 3.38. The molecule has 0 aromatic heterocycles. The second-order valence-corrected chi connectivity index (χ2v) is 4.83. The summed E-state index contributed by atoms with van der Waals surface area (Å²) in [7, 11) is 4.89. The van der Waals surface area contributed by atoms with Gasteiger partial charge in [-0.15, -0.1) is 0 Å². The number of rotatable bonds is 4. The van der Waals surface area contributed by atoms with Gasteiger partial charge in [0.15, 0.2) is 0 Å². The summed E-state index contributed by atoms with van der Waals surface area (Å²) in [6.07, 6.45) is 0. The molecule has 0 aliphatic carbocycles. The van der Waals surface area contributed by atoms with Gasteiger partial charge in [0.2, 0.25) is 0 Å². The molecule has 0 aliphatic heterocycles. The monoisotopic (exact) mass is 322 g/mol. The molecule has 2 rings (SSSR count). The summed E-state index contributed by atoms with van der Waals surface area (Å²) >= 11 is 3.43. The van der Waals surface area contributed by atoms with Crippen LogP contribution in [0.15, 0.2) is 40.9 Å². The molecule has 0 saturated heterocycles. The Morgan fingerprint density at radius 1 is 0.789 bits per heavy atom. The standard InChI is InChI=1S/C15H15BrO3/c1-17-12-8-13(18-2)15(14(9-12)19-3)10-4-6-11(16)7-5-10/h4-9H,1-3H3. The van der Waals surface area contributed by atoms with E-state index < -0.39 is 0 Å². The molecule has 3 nitrogen and oxygen atoms in total. The molecule has 100 valence electrons. The Bertz CT molecular complexity index is 539. The Balaban J connectivity index is 2.63. The lowest BCUT2D eigenvalue weighted by molar-refractivity contribution is 0.377. The number of halogens is 1. The highest BCUT2D eigenvalue weighted by atomic mass is 79.9. The molecule has 4 heteroatoms. The number of ether oxygens (including phenoxy) is 3.